The molecule has 1 aliphatic heterocycles. The van der Waals surface area contributed by atoms with Gasteiger partial charge in [0.2, 0.25) is 0 Å². The quantitative estimate of drug-likeness (QED) is 0.834. The normalized spacial score (nSPS) is 17.0. The van der Waals surface area contributed by atoms with Gasteiger partial charge in [-0.05, 0) is 12.1 Å². The third kappa shape index (κ3) is 4.98. The van der Waals surface area contributed by atoms with Crippen LogP contribution in [0, 0.1) is 0 Å². The number of halogens is 6. The lowest BCUT2D eigenvalue weighted by Crippen LogP contribution is -2.46. The highest BCUT2D eigenvalue weighted by atomic mass is 35.5. The van der Waals surface area contributed by atoms with Crippen molar-refractivity contribution < 1.29 is 13.9 Å². The predicted molar refractivity (Wildman–Crippen MR) is 85.8 cm³/mol. The van der Waals surface area contributed by atoms with Crippen molar-refractivity contribution in [1.82, 2.24) is 10.2 Å². The van der Waals surface area contributed by atoms with E-state index in [2.05, 4.69) is 5.32 Å². The van der Waals surface area contributed by atoms with E-state index in [0.29, 0.717) is 26.2 Å². The lowest BCUT2D eigenvalue weighted by Gasteiger charge is -2.35. The van der Waals surface area contributed by atoms with Gasteiger partial charge < -0.3 is 10.4 Å². The maximum absolute atomic E-state index is 13.4. The summed E-state index contributed by atoms with van der Waals surface area (Å²) in [6.07, 6.45) is -2.63. The molecule has 3 nitrogen and oxygen atoms in total. The zero-order valence-electron chi connectivity index (χ0n) is 10.9. The lowest BCUT2D eigenvalue weighted by molar-refractivity contribution is 0.0170. The van der Waals surface area contributed by atoms with Gasteiger partial charge in [-0.15, -0.1) is 24.8 Å². The summed E-state index contributed by atoms with van der Waals surface area (Å²) < 4.78 is 26.7. The molecule has 1 saturated heterocycles. The smallest absolute Gasteiger partial charge is 0.258 e. The monoisotopic (exact) mass is 382 g/mol. The number of phenolic OH excluding ortho intramolecular Hbond substituents is 1. The first-order valence-electron chi connectivity index (χ1n) is 5.91. The van der Waals surface area contributed by atoms with E-state index >= 15 is 0 Å². The van der Waals surface area contributed by atoms with E-state index < -0.39 is 12.5 Å². The third-order valence-corrected chi connectivity index (χ3v) is 3.67. The summed E-state index contributed by atoms with van der Waals surface area (Å²) in [6, 6.07) is 1.49. The Balaban J connectivity index is 0.00000200. The average molecular weight is 384 g/mol. The second kappa shape index (κ2) is 9.18. The first-order chi connectivity index (χ1) is 9.00. The summed E-state index contributed by atoms with van der Waals surface area (Å²) in [7, 11) is 0. The second-order valence-electron chi connectivity index (χ2n) is 4.39. The Morgan fingerprint density at radius 3 is 2.24 bits per heavy atom. The summed E-state index contributed by atoms with van der Waals surface area (Å²) in [5, 5.41) is 13.2. The number of phenols is 1. The zero-order chi connectivity index (χ0) is 14.0. The minimum absolute atomic E-state index is 0. The van der Waals surface area contributed by atoms with Gasteiger partial charge in [0.15, 0.2) is 0 Å². The van der Waals surface area contributed by atoms with Gasteiger partial charge in [-0.1, -0.05) is 23.2 Å². The van der Waals surface area contributed by atoms with Crippen LogP contribution in [0.1, 0.15) is 11.6 Å². The van der Waals surface area contributed by atoms with Gasteiger partial charge >= 0.3 is 0 Å². The summed E-state index contributed by atoms with van der Waals surface area (Å²) in [5.74, 6) is -0.324. The molecule has 122 valence electrons. The van der Waals surface area contributed by atoms with Crippen LogP contribution in [0.5, 0.6) is 5.75 Å². The fourth-order valence-corrected chi connectivity index (χ4v) is 2.77. The van der Waals surface area contributed by atoms with Crippen LogP contribution in [0.25, 0.3) is 0 Å². The average Bonchev–Trinajstić information content (AvgIpc) is 2.36. The van der Waals surface area contributed by atoms with Gasteiger partial charge in [-0.2, -0.15) is 0 Å². The standard InChI is InChI=1S/C12H14Cl2F2N2O.2ClH/c13-7-5-8(11(19)9(14)6-7)10(12(15)16)18-3-1-17-2-4-18;;/h5-6,10,12,17,19H,1-4H2;2*1H/t10-;;/m1../s1. The largest absolute Gasteiger partial charge is 0.506 e. The molecule has 0 amide bonds. The molecule has 2 rings (SSSR count). The van der Waals surface area contributed by atoms with Crippen LogP contribution in [-0.4, -0.2) is 42.6 Å². The molecule has 0 saturated carbocycles. The SMILES string of the molecule is Cl.Cl.Oc1c(Cl)cc(Cl)cc1[C@H](C(F)F)N1CCNCC1. The summed E-state index contributed by atoms with van der Waals surface area (Å²) in [5.41, 5.74) is 0.0781. The van der Waals surface area contributed by atoms with E-state index in [-0.39, 0.29) is 46.2 Å². The van der Waals surface area contributed by atoms with Crippen molar-refractivity contribution >= 4 is 48.0 Å². The maximum atomic E-state index is 13.4. The van der Waals surface area contributed by atoms with Crippen LogP contribution < -0.4 is 5.32 Å². The zero-order valence-corrected chi connectivity index (χ0v) is 14.0. The number of hydrogen-bond donors (Lipinski definition) is 2. The van der Waals surface area contributed by atoms with Crippen LogP contribution >= 0.6 is 48.0 Å². The van der Waals surface area contributed by atoms with Crippen molar-refractivity contribution in [2.45, 2.75) is 12.5 Å². The van der Waals surface area contributed by atoms with E-state index in [9.17, 15) is 13.9 Å². The van der Waals surface area contributed by atoms with E-state index in [4.69, 9.17) is 23.2 Å². The molecule has 0 unspecified atom stereocenters. The molecular formula is C12H16Cl4F2N2O. The molecule has 2 N–H and O–H groups in total. The van der Waals surface area contributed by atoms with Gasteiger partial charge in [-0.25, -0.2) is 8.78 Å². The van der Waals surface area contributed by atoms with Crippen molar-refractivity contribution in [3.05, 3.63) is 27.7 Å². The predicted octanol–water partition coefficient (Wildman–Crippen LogP) is 3.75. The van der Waals surface area contributed by atoms with Gasteiger partial charge in [0.1, 0.15) is 11.8 Å². The molecular weight excluding hydrogens is 368 g/mol. The summed E-state index contributed by atoms with van der Waals surface area (Å²) in [4.78, 5) is 1.63. The fourth-order valence-electron chi connectivity index (χ4n) is 2.26. The topological polar surface area (TPSA) is 35.5 Å². The van der Waals surface area contributed by atoms with Gasteiger partial charge in [0.05, 0.1) is 5.02 Å². The van der Waals surface area contributed by atoms with E-state index in [0.717, 1.165) is 0 Å². The number of piperazine rings is 1. The van der Waals surface area contributed by atoms with Gasteiger partial charge in [0.25, 0.3) is 6.43 Å². The highest BCUT2D eigenvalue weighted by Crippen LogP contribution is 2.39. The van der Waals surface area contributed by atoms with Crippen molar-refractivity contribution in [1.29, 1.82) is 0 Å². The number of hydrogen-bond acceptors (Lipinski definition) is 3. The molecule has 0 radical (unpaired) electrons. The lowest BCUT2D eigenvalue weighted by atomic mass is 10.0. The molecule has 9 heteroatoms. The highest BCUT2D eigenvalue weighted by Gasteiger charge is 2.32. The van der Waals surface area contributed by atoms with E-state index in [1.54, 1.807) is 4.90 Å². The second-order valence-corrected chi connectivity index (χ2v) is 5.23. The molecule has 1 aliphatic rings. The van der Waals surface area contributed by atoms with Crippen molar-refractivity contribution in [3.8, 4) is 5.75 Å². The van der Waals surface area contributed by atoms with E-state index in [1.165, 1.54) is 12.1 Å². The van der Waals surface area contributed by atoms with Gasteiger partial charge in [-0.3, -0.25) is 4.90 Å². The minimum Gasteiger partial charge on any atom is -0.506 e. The van der Waals surface area contributed by atoms with Crippen LogP contribution in [0.2, 0.25) is 10.0 Å². The van der Waals surface area contributed by atoms with Crippen LogP contribution in [0.15, 0.2) is 12.1 Å². The molecule has 0 aliphatic carbocycles. The van der Waals surface area contributed by atoms with E-state index in [1.807, 2.05) is 0 Å². The van der Waals surface area contributed by atoms with Crippen LogP contribution in [0.3, 0.4) is 0 Å². The first kappa shape index (κ1) is 21.0. The Bertz CT molecular complexity index is 459. The first-order valence-corrected chi connectivity index (χ1v) is 6.67. The van der Waals surface area contributed by atoms with Crippen molar-refractivity contribution in [3.63, 3.8) is 0 Å². The summed E-state index contributed by atoms with van der Waals surface area (Å²) >= 11 is 11.6. The number of nitrogens with zero attached hydrogens (tertiary/aromatic N) is 1. The van der Waals surface area contributed by atoms with Crippen LogP contribution in [-0.2, 0) is 0 Å². The molecule has 0 aromatic heterocycles. The maximum Gasteiger partial charge on any atom is 0.258 e. The number of benzene rings is 1. The Hall–Kier alpha value is -0.0400. The molecule has 1 atom stereocenters. The van der Waals surface area contributed by atoms with Crippen molar-refractivity contribution in [2.24, 2.45) is 0 Å². The number of alkyl halides is 2. The molecule has 0 spiro atoms. The third-order valence-electron chi connectivity index (χ3n) is 3.16. The Morgan fingerprint density at radius 1 is 1.14 bits per heavy atom. The minimum atomic E-state index is -2.63. The fraction of sp³-hybridized carbons (Fsp3) is 0.500. The van der Waals surface area contributed by atoms with Gasteiger partial charge in [0, 0.05) is 36.8 Å². The summed E-state index contributed by atoms with van der Waals surface area (Å²) in [6.45, 7) is 2.24. The Kier molecular flexibility index (Phi) is 9.16. The number of aromatic hydroxyl groups is 1. The molecule has 1 fully saturated rings. The molecule has 21 heavy (non-hydrogen) atoms. The molecule has 1 aromatic carbocycles. The molecule has 1 aromatic rings. The number of rotatable bonds is 3. The Morgan fingerprint density at radius 2 is 1.71 bits per heavy atom. The highest BCUT2D eigenvalue weighted by molar-refractivity contribution is 6.35. The number of nitrogens with one attached hydrogen (secondary N) is 1. The van der Waals surface area contributed by atoms with Crippen molar-refractivity contribution in [2.75, 3.05) is 26.2 Å². The Labute approximate surface area is 144 Å². The van der Waals surface area contributed by atoms with Crippen LogP contribution in [0.4, 0.5) is 8.78 Å². The molecule has 0 bridgehead atoms. The molecule has 1 heterocycles.